The topological polar surface area (TPSA) is 72.8 Å². The van der Waals surface area contributed by atoms with Crippen LogP contribution in [0.2, 0.25) is 5.02 Å². The Balaban J connectivity index is 1.24. The number of aliphatic hydroxyl groups is 1. The molecule has 7 nitrogen and oxygen atoms in total. The van der Waals surface area contributed by atoms with Gasteiger partial charge in [0.1, 0.15) is 5.82 Å². The first-order chi connectivity index (χ1) is 15.9. The highest BCUT2D eigenvalue weighted by molar-refractivity contribution is 6.30. The van der Waals surface area contributed by atoms with Gasteiger partial charge in [0.15, 0.2) is 11.6 Å². The lowest BCUT2D eigenvalue weighted by Crippen LogP contribution is -2.54. The average Bonchev–Trinajstić information content (AvgIpc) is 3.21. The van der Waals surface area contributed by atoms with Gasteiger partial charge in [-0.3, -0.25) is 14.7 Å². The molecule has 1 amide bonds. The van der Waals surface area contributed by atoms with Gasteiger partial charge in [-0.15, -0.1) is 0 Å². The molecule has 5 rings (SSSR count). The van der Waals surface area contributed by atoms with Crippen LogP contribution < -0.4 is 4.90 Å². The van der Waals surface area contributed by atoms with Gasteiger partial charge < -0.3 is 14.9 Å². The number of aliphatic hydroxyl groups excluding tert-OH is 1. The molecule has 0 aliphatic carbocycles. The van der Waals surface area contributed by atoms with Gasteiger partial charge in [-0.1, -0.05) is 11.6 Å². The van der Waals surface area contributed by atoms with Crippen LogP contribution in [0.5, 0.6) is 0 Å². The van der Waals surface area contributed by atoms with Crippen molar-refractivity contribution >= 4 is 34.4 Å². The summed E-state index contributed by atoms with van der Waals surface area (Å²) in [5.74, 6) is -1.46. The summed E-state index contributed by atoms with van der Waals surface area (Å²) in [4.78, 5) is 27.2. The maximum absolute atomic E-state index is 13.6. The maximum atomic E-state index is 13.6. The Bertz CT molecular complexity index is 1190. The van der Waals surface area contributed by atoms with Crippen molar-refractivity contribution in [3.05, 3.63) is 64.8 Å². The summed E-state index contributed by atoms with van der Waals surface area (Å²) in [7, 11) is 0. The number of carbonyl (C=O) groups is 1. The van der Waals surface area contributed by atoms with Crippen LogP contribution in [0.4, 0.5) is 14.6 Å². The SMILES string of the molecule is O=C(c1ccc(Cl)cc1)N1CCN([C@H]2CN(c3cnc4cc(F)c(F)cc4n3)C[C@@H]2O)CC1. The van der Waals surface area contributed by atoms with E-state index in [-0.39, 0.29) is 23.0 Å². The molecule has 10 heteroatoms. The molecule has 172 valence electrons. The second-order valence-electron chi connectivity index (χ2n) is 8.36. The van der Waals surface area contributed by atoms with Crippen molar-refractivity contribution < 1.29 is 18.7 Å². The van der Waals surface area contributed by atoms with Crippen LogP contribution in [0.3, 0.4) is 0 Å². The zero-order chi connectivity index (χ0) is 23.1. The lowest BCUT2D eigenvalue weighted by molar-refractivity contribution is 0.0376. The number of piperazine rings is 1. The third-order valence-corrected chi connectivity index (χ3v) is 6.57. The molecule has 0 spiro atoms. The van der Waals surface area contributed by atoms with E-state index in [1.807, 2.05) is 4.90 Å². The third-order valence-electron chi connectivity index (χ3n) is 6.32. The van der Waals surface area contributed by atoms with Crippen LogP contribution in [0.15, 0.2) is 42.6 Å². The van der Waals surface area contributed by atoms with Crippen molar-refractivity contribution in [1.82, 2.24) is 19.8 Å². The molecule has 0 bridgehead atoms. The largest absolute Gasteiger partial charge is 0.390 e. The van der Waals surface area contributed by atoms with Crippen LogP contribution in [-0.2, 0) is 0 Å². The smallest absolute Gasteiger partial charge is 0.253 e. The molecule has 2 fully saturated rings. The molecule has 1 N–H and O–H groups in total. The summed E-state index contributed by atoms with van der Waals surface area (Å²) in [6, 6.07) is 8.78. The first-order valence-corrected chi connectivity index (χ1v) is 11.1. The van der Waals surface area contributed by atoms with E-state index in [9.17, 15) is 18.7 Å². The molecule has 2 atom stereocenters. The number of rotatable bonds is 3. The number of hydrogen-bond acceptors (Lipinski definition) is 6. The summed E-state index contributed by atoms with van der Waals surface area (Å²) in [5.41, 5.74) is 1.14. The third kappa shape index (κ3) is 4.36. The standard InChI is InChI=1S/C23H22ClF2N5O2/c24-15-3-1-14(2-4-15)23(33)30-7-5-29(6-8-30)20-12-31(13-21(20)32)22-11-27-18-9-16(25)17(26)10-19(18)28-22/h1-4,9-11,20-21,32H,5-8,12-13H2/t20-,21-/m0/s1. The Kier molecular flexibility index (Phi) is 5.86. The fourth-order valence-electron chi connectivity index (χ4n) is 4.50. The average molecular weight is 474 g/mol. The quantitative estimate of drug-likeness (QED) is 0.630. The fraction of sp³-hybridized carbons (Fsp3) is 0.348. The minimum atomic E-state index is -0.973. The van der Waals surface area contributed by atoms with Crippen molar-refractivity contribution in [2.75, 3.05) is 44.2 Å². The maximum Gasteiger partial charge on any atom is 0.253 e. The van der Waals surface area contributed by atoms with Crippen molar-refractivity contribution in [2.24, 2.45) is 0 Å². The highest BCUT2D eigenvalue weighted by Gasteiger charge is 2.38. The molecular formula is C23H22ClF2N5O2. The van der Waals surface area contributed by atoms with Gasteiger partial charge in [-0.2, -0.15) is 0 Å². The zero-order valence-electron chi connectivity index (χ0n) is 17.7. The summed E-state index contributed by atoms with van der Waals surface area (Å²) < 4.78 is 27.0. The summed E-state index contributed by atoms with van der Waals surface area (Å²) in [6.45, 7) is 3.29. The van der Waals surface area contributed by atoms with E-state index in [1.54, 1.807) is 29.2 Å². The summed E-state index contributed by atoms with van der Waals surface area (Å²) in [6.07, 6.45) is 0.906. The predicted octanol–water partition coefficient (Wildman–Crippen LogP) is 2.57. The summed E-state index contributed by atoms with van der Waals surface area (Å²) in [5, 5.41) is 11.3. The van der Waals surface area contributed by atoms with Crippen LogP contribution in [0.1, 0.15) is 10.4 Å². The molecule has 0 saturated carbocycles. The lowest BCUT2D eigenvalue weighted by Gasteiger charge is -2.38. The molecule has 33 heavy (non-hydrogen) atoms. The van der Waals surface area contributed by atoms with Crippen LogP contribution in [-0.4, -0.2) is 82.2 Å². The molecule has 2 aromatic carbocycles. The number of carbonyl (C=O) groups excluding carboxylic acids is 1. The Morgan fingerprint density at radius 1 is 1.00 bits per heavy atom. The van der Waals surface area contributed by atoms with E-state index < -0.39 is 17.7 Å². The Labute approximate surface area is 194 Å². The van der Waals surface area contributed by atoms with Gasteiger partial charge in [0.2, 0.25) is 0 Å². The highest BCUT2D eigenvalue weighted by Crippen LogP contribution is 2.25. The molecule has 2 aliphatic heterocycles. The van der Waals surface area contributed by atoms with Crippen molar-refractivity contribution in [1.29, 1.82) is 0 Å². The second kappa shape index (κ2) is 8.81. The number of aromatic nitrogens is 2. The van der Waals surface area contributed by atoms with Crippen molar-refractivity contribution in [2.45, 2.75) is 12.1 Å². The molecule has 0 radical (unpaired) electrons. The van der Waals surface area contributed by atoms with E-state index in [0.29, 0.717) is 55.7 Å². The predicted molar refractivity (Wildman–Crippen MR) is 120 cm³/mol. The Hall–Kier alpha value is -2.88. The van der Waals surface area contributed by atoms with Gasteiger partial charge in [-0.25, -0.2) is 13.8 Å². The zero-order valence-corrected chi connectivity index (χ0v) is 18.4. The molecular weight excluding hydrogens is 452 g/mol. The van der Waals surface area contributed by atoms with E-state index in [0.717, 1.165) is 12.1 Å². The number of nitrogens with zero attached hydrogens (tertiary/aromatic N) is 5. The first kappa shape index (κ1) is 21.9. The fourth-order valence-corrected chi connectivity index (χ4v) is 4.62. The van der Waals surface area contributed by atoms with Gasteiger partial charge in [-0.05, 0) is 24.3 Å². The minimum absolute atomic E-state index is 0.0324. The molecule has 0 unspecified atom stereocenters. The molecule has 2 saturated heterocycles. The minimum Gasteiger partial charge on any atom is -0.390 e. The Morgan fingerprint density at radius 2 is 1.67 bits per heavy atom. The number of fused-ring (bicyclic) bond motifs is 1. The van der Waals surface area contributed by atoms with Gasteiger partial charge >= 0.3 is 0 Å². The van der Waals surface area contributed by atoms with E-state index in [4.69, 9.17) is 11.6 Å². The number of benzene rings is 2. The van der Waals surface area contributed by atoms with Crippen LogP contribution in [0, 0.1) is 11.6 Å². The molecule has 2 aliphatic rings. The van der Waals surface area contributed by atoms with Crippen molar-refractivity contribution in [3.8, 4) is 0 Å². The number of hydrogen-bond donors (Lipinski definition) is 1. The van der Waals surface area contributed by atoms with Crippen molar-refractivity contribution in [3.63, 3.8) is 0 Å². The normalized spacial score (nSPS) is 21.7. The van der Waals surface area contributed by atoms with Crippen LogP contribution in [0.25, 0.3) is 11.0 Å². The number of anilines is 1. The van der Waals surface area contributed by atoms with Gasteiger partial charge in [0.05, 0.1) is 29.4 Å². The molecule has 3 aromatic rings. The van der Waals surface area contributed by atoms with E-state index in [2.05, 4.69) is 14.9 Å². The second-order valence-corrected chi connectivity index (χ2v) is 8.79. The first-order valence-electron chi connectivity index (χ1n) is 10.7. The lowest BCUT2D eigenvalue weighted by atomic mass is 10.1. The number of amides is 1. The van der Waals surface area contributed by atoms with E-state index in [1.165, 1.54) is 6.20 Å². The molecule has 3 heterocycles. The highest BCUT2D eigenvalue weighted by atomic mass is 35.5. The van der Waals surface area contributed by atoms with Gasteiger partial charge in [0, 0.05) is 62.0 Å². The van der Waals surface area contributed by atoms with Gasteiger partial charge in [0.25, 0.3) is 5.91 Å². The number of halogens is 3. The van der Waals surface area contributed by atoms with E-state index >= 15 is 0 Å². The monoisotopic (exact) mass is 473 g/mol. The Morgan fingerprint density at radius 3 is 2.36 bits per heavy atom. The number of β-amino-alcohol motifs (C(OH)–C–C–N with tert-alkyl or cyclic N) is 1. The van der Waals surface area contributed by atoms with Crippen LogP contribution >= 0.6 is 11.6 Å². The molecule has 1 aromatic heterocycles. The summed E-state index contributed by atoms with van der Waals surface area (Å²) >= 11 is 5.91.